The zero-order chi connectivity index (χ0) is 15.7. The lowest BCUT2D eigenvalue weighted by molar-refractivity contribution is -0.125. The van der Waals surface area contributed by atoms with E-state index in [9.17, 15) is 9.59 Å². The van der Waals surface area contributed by atoms with Gasteiger partial charge in [-0.05, 0) is 6.92 Å². The summed E-state index contributed by atoms with van der Waals surface area (Å²) >= 11 is 1.41. The fourth-order valence-corrected chi connectivity index (χ4v) is 3.22. The fraction of sp³-hybridized carbons (Fsp3) is 0.462. The second kappa shape index (κ2) is 5.91. The molecule has 116 valence electrons. The van der Waals surface area contributed by atoms with Gasteiger partial charge in [0.05, 0.1) is 12.5 Å². The fourth-order valence-electron chi connectivity index (χ4n) is 2.18. The number of nitrogens with zero attached hydrogens (tertiary/aromatic N) is 4. The number of amides is 1. The third kappa shape index (κ3) is 2.89. The van der Waals surface area contributed by atoms with Crippen molar-refractivity contribution in [3.05, 3.63) is 33.9 Å². The van der Waals surface area contributed by atoms with Crippen LogP contribution in [0.15, 0.2) is 20.6 Å². The van der Waals surface area contributed by atoms with Gasteiger partial charge in [0.1, 0.15) is 0 Å². The summed E-state index contributed by atoms with van der Waals surface area (Å²) in [5, 5.41) is 10.9. The average molecular weight is 321 g/mol. The first-order chi connectivity index (χ1) is 10.5. The molecule has 1 N–H and O–H groups in total. The Morgan fingerprint density at radius 3 is 3.05 bits per heavy atom. The first-order valence-electron chi connectivity index (χ1n) is 6.80. The normalized spacial score (nSPS) is 17.1. The lowest BCUT2D eigenvalue weighted by atomic mass is 10.1. The van der Waals surface area contributed by atoms with E-state index in [-0.39, 0.29) is 23.9 Å². The molecule has 22 heavy (non-hydrogen) atoms. The zero-order valence-electron chi connectivity index (χ0n) is 12.2. The lowest BCUT2D eigenvalue weighted by Crippen LogP contribution is -2.40. The molecule has 3 heterocycles. The van der Waals surface area contributed by atoms with Crippen molar-refractivity contribution in [2.75, 3.05) is 5.75 Å². The number of carbonyl (C=O) groups is 1. The predicted octanol–water partition coefficient (Wildman–Crippen LogP) is 0.281. The van der Waals surface area contributed by atoms with Gasteiger partial charge in [-0.15, -0.1) is 10.2 Å². The van der Waals surface area contributed by atoms with Crippen LogP contribution >= 0.6 is 11.8 Å². The molecule has 1 unspecified atom stereocenters. The van der Waals surface area contributed by atoms with Gasteiger partial charge in [0, 0.05) is 31.0 Å². The highest BCUT2D eigenvalue weighted by Gasteiger charge is 2.27. The molecule has 2 aromatic heterocycles. The maximum Gasteiger partial charge on any atom is 0.257 e. The Bertz CT molecular complexity index is 769. The highest BCUT2D eigenvalue weighted by molar-refractivity contribution is 7.99. The van der Waals surface area contributed by atoms with Crippen LogP contribution in [0.3, 0.4) is 0 Å². The molecule has 1 aliphatic heterocycles. The Morgan fingerprint density at radius 2 is 2.32 bits per heavy atom. The Balaban J connectivity index is 1.67. The lowest BCUT2D eigenvalue weighted by Gasteiger charge is -2.24. The Kier molecular flexibility index (Phi) is 3.97. The molecule has 0 aromatic carbocycles. The van der Waals surface area contributed by atoms with Crippen molar-refractivity contribution in [2.24, 2.45) is 5.92 Å². The van der Waals surface area contributed by atoms with Crippen LogP contribution in [0.2, 0.25) is 0 Å². The third-order valence-electron chi connectivity index (χ3n) is 3.35. The number of nitrogens with one attached hydrogen (secondary N) is 1. The number of carbonyl (C=O) groups excluding carboxylic acids is 1. The molecule has 0 fully saturated rings. The molecular weight excluding hydrogens is 306 g/mol. The van der Waals surface area contributed by atoms with E-state index < -0.39 is 0 Å². The summed E-state index contributed by atoms with van der Waals surface area (Å²) < 4.78 is 6.77. The largest absolute Gasteiger partial charge is 0.424 e. The molecule has 1 amide bonds. The van der Waals surface area contributed by atoms with Crippen LogP contribution in [0.4, 0.5) is 0 Å². The van der Waals surface area contributed by atoms with E-state index in [0.717, 1.165) is 0 Å². The van der Waals surface area contributed by atoms with Crippen LogP contribution in [-0.4, -0.2) is 31.4 Å². The molecule has 0 radical (unpaired) electrons. The molecule has 8 nitrogen and oxygen atoms in total. The Hall–Kier alpha value is -2.16. The van der Waals surface area contributed by atoms with E-state index in [2.05, 4.69) is 20.5 Å². The van der Waals surface area contributed by atoms with Gasteiger partial charge in [-0.3, -0.25) is 14.2 Å². The van der Waals surface area contributed by atoms with Crippen molar-refractivity contribution >= 4 is 17.7 Å². The Morgan fingerprint density at radius 1 is 1.50 bits per heavy atom. The second-order valence-corrected chi connectivity index (χ2v) is 6.07. The smallest absolute Gasteiger partial charge is 0.257 e. The van der Waals surface area contributed by atoms with Crippen molar-refractivity contribution in [3.8, 4) is 0 Å². The van der Waals surface area contributed by atoms with Crippen LogP contribution in [0.5, 0.6) is 0 Å². The number of aromatic nitrogens is 4. The topological polar surface area (TPSA) is 103 Å². The van der Waals surface area contributed by atoms with Crippen LogP contribution < -0.4 is 10.9 Å². The SMILES string of the molecule is Cc1nnc(CNC(=O)C2CSc3ncc(C)c(=O)n3C2)o1. The maximum absolute atomic E-state index is 12.2. The average Bonchev–Trinajstić information content (AvgIpc) is 2.94. The van der Waals surface area contributed by atoms with Gasteiger partial charge in [-0.25, -0.2) is 4.98 Å². The first-order valence-corrected chi connectivity index (χ1v) is 7.79. The molecule has 9 heteroatoms. The highest BCUT2D eigenvalue weighted by Crippen LogP contribution is 2.24. The van der Waals surface area contributed by atoms with Gasteiger partial charge >= 0.3 is 0 Å². The van der Waals surface area contributed by atoms with Crippen molar-refractivity contribution in [1.82, 2.24) is 25.1 Å². The van der Waals surface area contributed by atoms with Crippen LogP contribution in [0.1, 0.15) is 17.3 Å². The molecule has 0 saturated heterocycles. The maximum atomic E-state index is 12.2. The van der Waals surface area contributed by atoms with E-state index in [4.69, 9.17) is 4.42 Å². The van der Waals surface area contributed by atoms with Crippen molar-refractivity contribution in [1.29, 1.82) is 0 Å². The molecule has 0 aliphatic carbocycles. The quantitative estimate of drug-likeness (QED) is 0.810. The number of hydrogen-bond donors (Lipinski definition) is 1. The highest BCUT2D eigenvalue weighted by atomic mass is 32.2. The van der Waals surface area contributed by atoms with E-state index in [1.807, 2.05) is 0 Å². The van der Waals surface area contributed by atoms with E-state index in [0.29, 0.717) is 34.8 Å². The molecule has 0 spiro atoms. The molecule has 1 aliphatic rings. The number of thioether (sulfide) groups is 1. The summed E-state index contributed by atoms with van der Waals surface area (Å²) in [5.74, 6) is 0.985. The molecule has 2 aromatic rings. The minimum Gasteiger partial charge on any atom is -0.424 e. The molecule has 1 atom stereocenters. The number of fused-ring (bicyclic) bond motifs is 1. The minimum atomic E-state index is -0.289. The molecular formula is C13H15N5O3S. The predicted molar refractivity (Wildman–Crippen MR) is 78.3 cm³/mol. The van der Waals surface area contributed by atoms with Crippen LogP contribution in [0, 0.1) is 19.8 Å². The third-order valence-corrected chi connectivity index (χ3v) is 4.50. The number of hydrogen-bond acceptors (Lipinski definition) is 7. The first kappa shape index (κ1) is 14.8. The summed E-state index contributed by atoms with van der Waals surface area (Å²) in [4.78, 5) is 28.6. The monoisotopic (exact) mass is 321 g/mol. The van der Waals surface area contributed by atoms with Crippen LogP contribution in [-0.2, 0) is 17.9 Å². The van der Waals surface area contributed by atoms with Gasteiger partial charge in [0.2, 0.25) is 17.7 Å². The molecule has 0 bridgehead atoms. The molecule has 0 saturated carbocycles. The van der Waals surface area contributed by atoms with Gasteiger partial charge in [0.15, 0.2) is 5.16 Å². The van der Waals surface area contributed by atoms with E-state index in [1.165, 1.54) is 11.8 Å². The minimum absolute atomic E-state index is 0.0949. The number of rotatable bonds is 3. The zero-order valence-corrected chi connectivity index (χ0v) is 13.0. The molecule has 3 rings (SSSR count). The van der Waals surface area contributed by atoms with Gasteiger partial charge in [-0.1, -0.05) is 11.8 Å². The Labute approximate surface area is 130 Å². The van der Waals surface area contributed by atoms with Crippen molar-refractivity contribution < 1.29 is 9.21 Å². The van der Waals surface area contributed by atoms with E-state index >= 15 is 0 Å². The summed E-state index contributed by atoms with van der Waals surface area (Å²) in [6, 6.07) is 0. The summed E-state index contributed by atoms with van der Waals surface area (Å²) in [6.07, 6.45) is 1.57. The standard InChI is InChI=1S/C13H15N5O3S/c1-7-3-15-13-18(12(7)20)5-9(6-22-13)11(19)14-4-10-17-16-8(2)21-10/h3,9H,4-6H2,1-2H3,(H,14,19). The second-order valence-electron chi connectivity index (χ2n) is 5.08. The summed E-state index contributed by atoms with van der Waals surface area (Å²) in [5.41, 5.74) is 0.481. The van der Waals surface area contributed by atoms with Gasteiger partial charge < -0.3 is 9.73 Å². The van der Waals surface area contributed by atoms with Gasteiger partial charge in [-0.2, -0.15) is 0 Å². The van der Waals surface area contributed by atoms with Crippen molar-refractivity contribution in [3.63, 3.8) is 0 Å². The van der Waals surface area contributed by atoms with Crippen LogP contribution in [0.25, 0.3) is 0 Å². The number of aryl methyl sites for hydroxylation is 2. The van der Waals surface area contributed by atoms with E-state index in [1.54, 1.807) is 24.6 Å². The van der Waals surface area contributed by atoms with Crippen molar-refractivity contribution in [2.45, 2.75) is 32.1 Å². The summed E-state index contributed by atoms with van der Waals surface area (Å²) in [7, 11) is 0. The summed E-state index contributed by atoms with van der Waals surface area (Å²) in [6.45, 7) is 3.93. The van der Waals surface area contributed by atoms with Gasteiger partial charge in [0.25, 0.3) is 5.56 Å².